The Labute approximate surface area is 86.5 Å². The van der Waals surface area contributed by atoms with Gasteiger partial charge in [0.2, 0.25) is 0 Å². The molecule has 1 aliphatic rings. The summed E-state index contributed by atoms with van der Waals surface area (Å²) in [4.78, 5) is 22.3. The van der Waals surface area contributed by atoms with E-state index in [0.29, 0.717) is 30.8 Å². The Bertz CT molecular complexity index is 423. The molecular formula is C11H10O4. The van der Waals surface area contributed by atoms with Crippen molar-refractivity contribution in [2.24, 2.45) is 0 Å². The van der Waals surface area contributed by atoms with Crippen LogP contribution in [0.15, 0.2) is 18.2 Å². The van der Waals surface area contributed by atoms with E-state index in [1.165, 1.54) is 12.1 Å². The van der Waals surface area contributed by atoms with Gasteiger partial charge in [-0.15, -0.1) is 0 Å². The molecule has 0 amide bonds. The van der Waals surface area contributed by atoms with Crippen LogP contribution in [0, 0.1) is 0 Å². The van der Waals surface area contributed by atoms with Crippen LogP contribution < -0.4 is 4.74 Å². The highest BCUT2D eigenvalue weighted by molar-refractivity contribution is 6.01. The molecule has 2 rings (SSSR count). The number of benzene rings is 1. The molecule has 0 aliphatic carbocycles. The molecule has 4 nitrogen and oxygen atoms in total. The third kappa shape index (κ3) is 1.83. The molecule has 1 aliphatic heterocycles. The van der Waals surface area contributed by atoms with Crippen molar-refractivity contribution in [3.63, 3.8) is 0 Å². The highest BCUT2D eigenvalue weighted by Crippen LogP contribution is 2.25. The lowest BCUT2D eigenvalue weighted by molar-refractivity contribution is 0.0697. The molecular weight excluding hydrogens is 196 g/mol. The number of carboxylic acids is 1. The molecule has 1 N–H and O–H groups in total. The number of carbonyl (C=O) groups is 2. The first kappa shape index (κ1) is 9.71. The van der Waals surface area contributed by atoms with Crippen molar-refractivity contribution < 1.29 is 19.4 Å². The fourth-order valence-corrected chi connectivity index (χ4v) is 1.56. The molecule has 0 radical (unpaired) electrons. The van der Waals surface area contributed by atoms with Crippen molar-refractivity contribution in [1.29, 1.82) is 0 Å². The molecule has 1 aromatic rings. The minimum atomic E-state index is -1.03. The van der Waals surface area contributed by atoms with Gasteiger partial charge in [0.05, 0.1) is 17.7 Å². The zero-order valence-electron chi connectivity index (χ0n) is 8.03. The van der Waals surface area contributed by atoms with E-state index in [1.54, 1.807) is 6.07 Å². The number of hydrogen-bond donors (Lipinski definition) is 1. The lowest BCUT2D eigenvalue weighted by atomic mass is 10.0. The van der Waals surface area contributed by atoms with Gasteiger partial charge in [0, 0.05) is 6.42 Å². The molecule has 0 saturated heterocycles. The van der Waals surface area contributed by atoms with E-state index in [9.17, 15) is 9.59 Å². The normalized spacial score (nSPS) is 15.1. The topological polar surface area (TPSA) is 63.6 Å². The minimum Gasteiger partial charge on any atom is -0.493 e. The first-order valence-corrected chi connectivity index (χ1v) is 4.72. The van der Waals surface area contributed by atoms with Gasteiger partial charge < -0.3 is 9.84 Å². The first-order chi connectivity index (χ1) is 7.18. The molecule has 1 aromatic carbocycles. The molecule has 0 fully saturated rings. The molecule has 0 aromatic heterocycles. The highest BCUT2D eigenvalue weighted by Gasteiger charge is 2.18. The zero-order valence-corrected chi connectivity index (χ0v) is 8.03. The first-order valence-electron chi connectivity index (χ1n) is 4.72. The Morgan fingerprint density at radius 3 is 2.93 bits per heavy atom. The summed E-state index contributed by atoms with van der Waals surface area (Å²) in [6.45, 7) is 0.505. The summed E-state index contributed by atoms with van der Waals surface area (Å²) in [6.07, 6.45) is 1.09. The standard InChI is InChI=1S/C11H10O4/c12-9-2-1-5-15-10-4-3-7(11(13)14)6-8(9)10/h3-4,6H,1-2,5H2,(H,13,14). The average Bonchev–Trinajstić information content (AvgIpc) is 2.40. The summed E-state index contributed by atoms with van der Waals surface area (Å²) < 4.78 is 5.34. The maximum Gasteiger partial charge on any atom is 0.335 e. The second-order valence-corrected chi connectivity index (χ2v) is 3.39. The molecule has 0 bridgehead atoms. The Kier molecular flexibility index (Phi) is 2.41. The van der Waals surface area contributed by atoms with Crippen LogP contribution in [0.25, 0.3) is 0 Å². The Balaban J connectivity index is 2.48. The number of fused-ring (bicyclic) bond motifs is 1. The Morgan fingerprint density at radius 1 is 1.40 bits per heavy atom. The van der Waals surface area contributed by atoms with Crippen LogP contribution >= 0.6 is 0 Å². The third-order valence-corrected chi connectivity index (χ3v) is 2.33. The van der Waals surface area contributed by atoms with Crippen LogP contribution in [-0.2, 0) is 0 Å². The van der Waals surface area contributed by atoms with Crippen molar-refractivity contribution >= 4 is 11.8 Å². The lowest BCUT2D eigenvalue weighted by Gasteiger charge is -2.06. The molecule has 15 heavy (non-hydrogen) atoms. The second-order valence-electron chi connectivity index (χ2n) is 3.39. The summed E-state index contributed by atoms with van der Waals surface area (Å²) in [5.41, 5.74) is 0.500. The fraction of sp³-hybridized carbons (Fsp3) is 0.273. The van der Waals surface area contributed by atoms with Gasteiger partial charge in [-0.25, -0.2) is 4.79 Å². The molecule has 0 atom stereocenters. The quantitative estimate of drug-likeness (QED) is 0.760. The molecule has 4 heteroatoms. The van der Waals surface area contributed by atoms with Gasteiger partial charge in [-0.05, 0) is 24.6 Å². The van der Waals surface area contributed by atoms with Crippen LogP contribution in [0.5, 0.6) is 5.75 Å². The maximum absolute atomic E-state index is 11.6. The van der Waals surface area contributed by atoms with Gasteiger partial charge in [0.15, 0.2) is 5.78 Å². The van der Waals surface area contributed by atoms with E-state index in [1.807, 2.05) is 0 Å². The van der Waals surface area contributed by atoms with E-state index >= 15 is 0 Å². The number of hydrogen-bond acceptors (Lipinski definition) is 3. The smallest absolute Gasteiger partial charge is 0.335 e. The Morgan fingerprint density at radius 2 is 2.20 bits per heavy atom. The summed E-state index contributed by atoms with van der Waals surface area (Å²) in [6, 6.07) is 4.37. The van der Waals surface area contributed by atoms with Crippen molar-refractivity contribution in [1.82, 2.24) is 0 Å². The summed E-state index contributed by atoms with van der Waals surface area (Å²) >= 11 is 0. The molecule has 1 heterocycles. The van der Waals surface area contributed by atoms with Crippen LogP contribution in [0.3, 0.4) is 0 Å². The number of carbonyl (C=O) groups excluding carboxylic acids is 1. The number of Topliss-reactive ketones (excluding diaryl/α,β-unsaturated/α-hetero) is 1. The predicted octanol–water partition coefficient (Wildman–Crippen LogP) is 1.74. The lowest BCUT2D eigenvalue weighted by Crippen LogP contribution is -2.02. The number of rotatable bonds is 1. The van der Waals surface area contributed by atoms with Crippen molar-refractivity contribution in [2.75, 3.05) is 6.61 Å². The zero-order chi connectivity index (χ0) is 10.8. The molecule has 0 spiro atoms. The number of ether oxygens (including phenoxy) is 1. The van der Waals surface area contributed by atoms with Gasteiger partial charge in [-0.2, -0.15) is 0 Å². The fourth-order valence-electron chi connectivity index (χ4n) is 1.56. The SMILES string of the molecule is O=C(O)c1ccc2c(c1)C(=O)CCCO2. The maximum atomic E-state index is 11.6. The molecule has 0 unspecified atom stereocenters. The predicted molar refractivity (Wildman–Crippen MR) is 52.5 cm³/mol. The van der Waals surface area contributed by atoms with Gasteiger partial charge >= 0.3 is 5.97 Å². The van der Waals surface area contributed by atoms with Crippen LogP contribution in [0.2, 0.25) is 0 Å². The molecule has 78 valence electrons. The van der Waals surface area contributed by atoms with Gasteiger partial charge in [-0.1, -0.05) is 0 Å². The van der Waals surface area contributed by atoms with E-state index in [-0.39, 0.29) is 11.3 Å². The monoisotopic (exact) mass is 206 g/mol. The van der Waals surface area contributed by atoms with E-state index < -0.39 is 5.97 Å². The van der Waals surface area contributed by atoms with Gasteiger partial charge in [-0.3, -0.25) is 4.79 Å². The van der Waals surface area contributed by atoms with E-state index in [0.717, 1.165) is 0 Å². The van der Waals surface area contributed by atoms with Crippen LogP contribution in [-0.4, -0.2) is 23.5 Å². The average molecular weight is 206 g/mol. The summed E-state index contributed by atoms with van der Waals surface area (Å²) in [7, 11) is 0. The number of carboxylic acid groups (broad SMARTS) is 1. The summed E-state index contributed by atoms with van der Waals surface area (Å²) in [5.74, 6) is -0.594. The Hall–Kier alpha value is -1.84. The minimum absolute atomic E-state index is 0.0504. The number of aromatic carboxylic acids is 1. The van der Waals surface area contributed by atoms with Gasteiger partial charge in [0.1, 0.15) is 5.75 Å². The van der Waals surface area contributed by atoms with Gasteiger partial charge in [0.25, 0.3) is 0 Å². The molecule has 0 saturated carbocycles. The van der Waals surface area contributed by atoms with E-state index in [4.69, 9.17) is 9.84 Å². The van der Waals surface area contributed by atoms with Crippen LogP contribution in [0.1, 0.15) is 33.6 Å². The summed E-state index contributed by atoms with van der Waals surface area (Å²) in [5, 5.41) is 8.79. The highest BCUT2D eigenvalue weighted by atomic mass is 16.5. The number of ketones is 1. The van der Waals surface area contributed by atoms with Crippen molar-refractivity contribution in [3.8, 4) is 5.75 Å². The van der Waals surface area contributed by atoms with Crippen molar-refractivity contribution in [2.45, 2.75) is 12.8 Å². The van der Waals surface area contributed by atoms with Crippen molar-refractivity contribution in [3.05, 3.63) is 29.3 Å². The largest absolute Gasteiger partial charge is 0.493 e. The third-order valence-electron chi connectivity index (χ3n) is 2.33. The van der Waals surface area contributed by atoms with Crippen LogP contribution in [0.4, 0.5) is 0 Å². The second kappa shape index (κ2) is 3.73. The van der Waals surface area contributed by atoms with E-state index in [2.05, 4.69) is 0 Å².